The van der Waals surface area contributed by atoms with Gasteiger partial charge in [0.15, 0.2) is 0 Å². The third kappa shape index (κ3) is 3.42. The van der Waals surface area contributed by atoms with Gasteiger partial charge < -0.3 is 10.2 Å². The van der Waals surface area contributed by atoms with E-state index in [1.807, 2.05) is 0 Å². The number of carbonyl (C=O) groups is 2. The zero-order valence-corrected chi connectivity index (χ0v) is 11.2. The topological polar surface area (TPSA) is 49.4 Å². The Morgan fingerprint density at radius 2 is 2.06 bits per heavy atom. The molecule has 2 amide bonds. The number of halogens is 1. The van der Waals surface area contributed by atoms with E-state index in [0.717, 1.165) is 10.5 Å². The molecule has 1 N–H and O–H groups in total. The molecular formula is C12H13BrN2O2. The lowest BCUT2D eigenvalue weighted by atomic mass is 10.1. The summed E-state index contributed by atoms with van der Waals surface area (Å²) in [6.07, 6.45) is 1.16. The molecule has 0 saturated heterocycles. The van der Waals surface area contributed by atoms with Gasteiger partial charge in [-0.2, -0.15) is 0 Å². The minimum absolute atomic E-state index is 0.170. The van der Waals surface area contributed by atoms with Crippen LogP contribution >= 0.6 is 15.9 Å². The van der Waals surface area contributed by atoms with Crippen LogP contribution in [0.2, 0.25) is 0 Å². The van der Waals surface area contributed by atoms with Crippen LogP contribution in [0.25, 0.3) is 0 Å². The molecule has 0 bridgehead atoms. The van der Waals surface area contributed by atoms with Crippen LogP contribution < -0.4 is 5.32 Å². The van der Waals surface area contributed by atoms with Gasteiger partial charge in [0.05, 0.1) is 11.3 Å². The summed E-state index contributed by atoms with van der Waals surface area (Å²) in [4.78, 5) is 24.6. The van der Waals surface area contributed by atoms with E-state index in [2.05, 4.69) is 27.8 Å². The number of amides is 2. The lowest BCUT2D eigenvalue weighted by Crippen LogP contribution is -2.23. The highest BCUT2D eigenvalue weighted by atomic mass is 79.9. The maximum Gasteiger partial charge on any atom is 0.255 e. The Hall–Kier alpha value is -1.62. The summed E-state index contributed by atoms with van der Waals surface area (Å²) in [6.45, 7) is 3.37. The van der Waals surface area contributed by atoms with Crippen molar-refractivity contribution in [3.63, 3.8) is 0 Å². The number of carbonyl (C=O) groups excluding carboxylic acids is 2. The molecule has 0 saturated carbocycles. The summed E-state index contributed by atoms with van der Waals surface area (Å²) in [5.74, 6) is -0.521. The third-order valence-electron chi connectivity index (χ3n) is 2.06. The molecule has 90 valence electrons. The molecule has 0 aliphatic heterocycles. The molecule has 4 nitrogen and oxygen atoms in total. The summed E-state index contributed by atoms with van der Waals surface area (Å²) < 4.78 is 0.784. The molecule has 0 atom stereocenters. The summed E-state index contributed by atoms with van der Waals surface area (Å²) >= 11 is 3.29. The van der Waals surface area contributed by atoms with Gasteiger partial charge >= 0.3 is 0 Å². The first-order valence-electron chi connectivity index (χ1n) is 4.90. The fourth-order valence-corrected chi connectivity index (χ4v) is 1.59. The quantitative estimate of drug-likeness (QED) is 0.870. The first-order valence-corrected chi connectivity index (χ1v) is 5.69. The van der Waals surface area contributed by atoms with E-state index in [-0.39, 0.29) is 11.8 Å². The number of hydrogen-bond donors (Lipinski definition) is 1. The Labute approximate surface area is 108 Å². The second-order valence-electron chi connectivity index (χ2n) is 3.58. The molecule has 1 rings (SSSR count). The molecule has 0 aliphatic rings. The molecule has 0 aliphatic carbocycles. The molecule has 0 aromatic heterocycles. The predicted molar refractivity (Wildman–Crippen MR) is 71.0 cm³/mol. The van der Waals surface area contributed by atoms with Crippen molar-refractivity contribution in [2.24, 2.45) is 0 Å². The largest absolute Gasteiger partial charge is 0.345 e. The second kappa shape index (κ2) is 5.63. The van der Waals surface area contributed by atoms with Gasteiger partial charge in [-0.1, -0.05) is 22.5 Å². The standard InChI is InChI=1S/C12H13BrN2O2/c1-4-11(16)14-10-7-8(13)5-6-9(10)12(17)15(2)3/h4-7H,1H2,2-3H3,(H,14,16). The lowest BCUT2D eigenvalue weighted by molar-refractivity contribution is -0.111. The van der Waals surface area contributed by atoms with E-state index < -0.39 is 0 Å². The van der Waals surface area contributed by atoms with Gasteiger partial charge in [-0.3, -0.25) is 9.59 Å². The molecule has 0 heterocycles. The second-order valence-corrected chi connectivity index (χ2v) is 4.50. The van der Waals surface area contributed by atoms with E-state index >= 15 is 0 Å². The van der Waals surface area contributed by atoms with Gasteiger partial charge in [0, 0.05) is 18.6 Å². The van der Waals surface area contributed by atoms with E-state index in [1.165, 1.54) is 4.90 Å². The number of anilines is 1. The maximum atomic E-state index is 11.9. The SMILES string of the molecule is C=CC(=O)Nc1cc(Br)ccc1C(=O)N(C)C. The van der Waals surface area contributed by atoms with Crippen molar-refractivity contribution in [2.75, 3.05) is 19.4 Å². The van der Waals surface area contributed by atoms with Crippen molar-refractivity contribution in [1.29, 1.82) is 0 Å². The van der Waals surface area contributed by atoms with Crippen molar-refractivity contribution < 1.29 is 9.59 Å². The van der Waals surface area contributed by atoms with Crippen LogP contribution in [0, 0.1) is 0 Å². The molecular weight excluding hydrogens is 284 g/mol. The number of nitrogens with one attached hydrogen (secondary N) is 1. The fraction of sp³-hybridized carbons (Fsp3) is 0.167. The van der Waals surface area contributed by atoms with Gasteiger partial charge in [-0.05, 0) is 24.3 Å². The molecule has 1 aromatic carbocycles. The van der Waals surface area contributed by atoms with Crippen molar-refractivity contribution in [3.8, 4) is 0 Å². The van der Waals surface area contributed by atoms with Crippen LogP contribution in [0.3, 0.4) is 0 Å². The van der Waals surface area contributed by atoms with Gasteiger partial charge in [0.2, 0.25) is 5.91 Å². The van der Waals surface area contributed by atoms with Crippen LogP contribution in [-0.2, 0) is 4.79 Å². The van der Waals surface area contributed by atoms with Gasteiger partial charge in [-0.25, -0.2) is 0 Å². The minimum atomic E-state index is -0.351. The Morgan fingerprint density at radius 3 is 2.59 bits per heavy atom. The van der Waals surface area contributed by atoms with Crippen LogP contribution in [0.1, 0.15) is 10.4 Å². The number of hydrogen-bond acceptors (Lipinski definition) is 2. The Morgan fingerprint density at radius 1 is 1.41 bits per heavy atom. The van der Waals surface area contributed by atoms with Gasteiger partial charge in [0.25, 0.3) is 5.91 Å². The Bertz CT molecular complexity index is 470. The Kier molecular flexibility index (Phi) is 4.45. The molecule has 1 aromatic rings. The highest BCUT2D eigenvalue weighted by molar-refractivity contribution is 9.10. The van der Waals surface area contributed by atoms with Crippen molar-refractivity contribution in [1.82, 2.24) is 4.90 Å². The van der Waals surface area contributed by atoms with Crippen molar-refractivity contribution in [3.05, 3.63) is 40.9 Å². The number of benzene rings is 1. The smallest absolute Gasteiger partial charge is 0.255 e. The zero-order chi connectivity index (χ0) is 13.0. The van der Waals surface area contributed by atoms with Crippen molar-refractivity contribution >= 4 is 33.4 Å². The van der Waals surface area contributed by atoms with Crippen LogP contribution in [-0.4, -0.2) is 30.8 Å². The zero-order valence-electron chi connectivity index (χ0n) is 9.66. The van der Waals surface area contributed by atoms with E-state index in [9.17, 15) is 9.59 Å². The van der Waals surface area contributed by atoms with Crippen LogP contribution in [0.4, 0.5) is 5.69 Å². The lowest BCUT2D eigenvalue weighted by Gasteiger charge is -2.14. The van der Waals surface area contributed by atoms with Crippen LogP contribution in [0.5, 0.6) is 0 Å². The number of nitrogens with zero attached hydrogens (tertiary/aromatic N) is 1. The van der Waals surface area contributed by atoms with Crippen LogP contribution in [0.15, 0.2) is 35.3 Å². The summed E-state index contributed by atoms with van der Waals surface area (Å²) in [7, 11) is 3.31. The highest BCUT2D eigenvalue weighted by Crippen LogP contribution is 2.22. The summed E-state index contributed by atoms with van der Waals surface area (Å²) in [5.41, 5.74) is 0.899. The van der Waals surface area contributed by atoms with E-state index in [1.54, 1.807) is 32.3 Å². The highest BCUT2D eigenvalue weighted by Gasteiger charge is 2.14. The third-order valence-corrected chi connectivity index (χ3v) is 2.55. The average molecular weight is 297 g/mol. The minimum Gasteiger partial charge on any atom is -0.345 e. The monoisotopic (exact) mass is 296 g/mol. The summed E-state index contributed by atoms with van der Waals surface area (Å²) in [6, 6.07) is 5.09. The normalized spacial score (nSPS) is 9.59. The summed E-state index contributed by atoms with van der Waals surface area (Å²) in [5, 5.41) is 2.60. The first-order chi connectivity index (χ1) is 7.95. The molecule has 0 spiro atoms. The Balaban J connectivity index is 3.16. The maximum absolute atomic E-state index is 11.9. The number of rotatable bonds is 3. The molecule has 0 fully saturated rings. The predicted octanol–water partition coefficient (Wildman–Crippen LogP) is 2.28. The molecule has 5 heteroatoms. The van der Waals surface area contributed by atoms with Gasteiger partial charge in [0.1, 0.15) is 0 Å². The van der Waals surface area contributed by atoms with E-state index in [4.69, 9.17) is 0 Å². The molecule has 0 unspecified atom stereocenters. The fourth-order valence-electron chi connectivity index (χ4n) is 1.23. The first kappa shape index (κ1) is 13.4. The molecule has 0 radical (unpaired) electrons. The molecule has 17 heavy (non-hydrogen) atoms. The van der Waals surface area contributed by atoms with Gasteiger partial charge in [-0.15, -0.1) is 0 Å². The average Bonchev–Trinajstić information content (AvgIpc) is 2.28. The van der Waals surface area contributed by atoms with E-state index in [0.29, 0.717) is 11.3 Å². The van der Waals surface area contributed by atoms with Crippen molar-refractivity contribution in [2.45, 2.75) is 0 Å².